The third-order valence-corrected chi connectivity index (χ3v) is 4.51. The first-order chi connectivity index (χ1) is 13.3. The van der Waals surface area contributed by atoms with Gasteiger partial charge in [-0.2, -0.15) is 0 Å². The number of nitrogens with zero attached hydrogens (tertiary/aromatic N) is 1. The number of hydrogen-bond acceptors (Lipinski definition) is 7. The van der Waals surface area contributed by atoms with E-state index < -0.39 is 17.9 Å². The number of nitrogens with one attached hydrogen (secondary N) is 1. The second-order valence-corrected chi connectivity index (χ2v) is 6.52. The van der Waals surface area contributed by atoms with Gasteiger partial charge in [0.2, 0.25) is 11.8 Å². The standard InChI is InChI=1S/C19H24N2O7/c1-11(10-26-2)21-9-14(8-16(21)22)17(23)20-15-6-12(18(24)27-3)5-13(7-15)19(25)28-4/h5-7,11,14H,8-10H2,1-4H3,(H,20,23)/t11-,14+/m0/s1. The van der Waals surface area contributed by atoms with Gasteiger partial charge in [0, 0.05) is 25.8 Å². The molecule has 1 N–H and O–H groups in total. The molecule has 152 valence electrons. The molecule has 1 aliphatic heterocycles. The third kappa shape index (κ3) is 4.86. The molecule has 9 nitrogen and oxygen atoms in total. The number of hydrogen-bond donors (Lipinski definition) is 1. The monoisotopic (exact) mass is 392 g/mol. The molecule has 0 aliphatic carbocycles. The van der Waals surface area contributed by atoms with Crippen LogP contribution in [-0.4, -0.2) is 69.2 Å². The fourth-order valence-corrected chi connectivity index (χ4v) is 3.08. The van der Waals surface area contributed by atoms with E-state index in [1.54, 1.807) is 12.0 Å². The normalized spacial score (nSPS) is 17.2. The van der Waals surface area contributed by atoms with Crippen LogP contribution in [0.25, 0.3) is 0 Å². The molecule has 2 atom stereocenters. The van der Waals surface area contributed by atoms with Crippen molar-refractivity contribution >= 4 is 29.4 Å². The molecule has 1 aliphatic rings. The highest BCUT2D eigenvalue weighted by Gasteiger charge is 2.36. The van der Waals surface area contributed by atoms with Gasteiger partial charge in [-0.25, -0.2) is 9.59 Å². The largest absolute Gasteiger partial charge is 0.465 e. The molecule has 1 aromatic carbocycles. The predicted molar refractivity (Wildman–Crippen MR) is 98.9 cm³/mol. The lowest BCUT2D eigenvalue weighted by atomic mass is 10.1. The second kappa shape index (κ2) is 9.32. The third-order valence-electron chi connectivity index (χ3n) is 4.51. The highest BCUT2D eigenvalue weighted by molar-refractivity contribution is 6.01. The minimum absolute atomic E-state index is 0.0838. The smallest absolute Gasteiger partial charge is 0.337 e. The van der Waals surface area contributed by atoms with Crippen molar-refractivity contribution in [3.8, 4) is 0 Å². The lowest BCUT2D eigenvalue weighted by Gasteiger charge is -2.23. The van der Waals surface area contributed by atoms with Crippen LogP contribution in [0.15, 0.2) is 18.2 Å². The van der Waals surface area contributed by atoms with Gasteiger partial charge in [-0.15, -0.1) is 0 Å². The van der Waals surface area contributed by atoms with E-state index in [1.165, 1.54) is 32.4 Å². The molecule has 0 unspecified atom stereocenters. The van der Waals surface area contributed by atoms with Gasteiger partial charge in [0.15, 0.2) is 0 Å². The average molecular weight is 392 g/mol. The predicted octanol–water partition coefficient (Wildman–Crippen LogP) is 1.08. The Balaban J connectivity index is 2.18. The van der Waals surface area contributed by atoms with Crippen LogP contribution in [0.3, 0.4) is 0 Å². The molecular formula is C19H24N2O7. The van der Waals surface area contributed by atoms with Crippen molar-refractivity contribution < 1.29 is 33.4 Å². The zero-order valence-corrected chi connectivity index (χ0v) is 16.3. The van der Waals surface area contributed by atoms with Crippen molar-refractivity contribution in [2.24, 2.45) is 5.92 Å². The highest BCUT2D eigenvalue weighted by atomic mass is 16.5. The van der Waals surface area contributed by atoms with Gasteiger partial charge in [-0.1, -0.05) is 0 Å². The number of amides is 2. The number of esters is 2. The minimum Gasteiger partial charge on any atom is -0.465 e. The zero-order chi connectivity index (χ0) is 20.8. The minimum atomic E-state index is -0.656. The molecule has 1 heterocycles. The Hall–Kier alpha value is -2.94. The van der Waals surface area contributed by atoms with Crippen LogP contribution in [0.4, 0.5) is 5.69 Å². The van der Waals surface area contributed by atoms with E-state index in [0.717, 1.165) is 0 Å². The Morgan fingerprint density at radius 2 is 1.68 bits per heavy atom. The van der Waals surface area contributed by atoms with Crippen molar-refractivity contribution in [2.45, 2.75) is 19.4 Å². The lowest BCUT2D eigenvalue weighted by Crippen LogP contribution is -2.38. The molecule has 1 aromatic rings. The number of ether oxygens (including phenoxy) is 3. The number of rotatable bonds is 7. The van der Waals surface area contributed by atoms with E-state index in [0.29, 0.717) is 6.61 Å². The van der Waals surface area contributed by atoms with E-state index in [1.807, 2.05) is 6.92 Å². The average Bonchev–Trinajstić information content (AvgIpc) is 3.08. The maximum Gasteiger partial charge on any atom is 0.337 e. The van der Waals surface area contributed by atoms with Crippen molar-refractivity contribution in [2.75, 3.05) is 39.8 Å². The Bertz CT molecular complexity index is 743. The Morgan fingerprint density at radius 1 is 1.11 bits per heavy atom. The van der Waals surface area contributed by atoms with Crippen LogP contribution in [-0.2, 0) is 23.8 Å². The van der Waals surface area contributed by atoms with E-state index >= 15 is 0 Å². The summed E-state index contributed by atoms with van der Waals surface area (Å²) in [5.41, 5.74) is 0.432. The summed E-state index contributed by atoms with van der Waals surface area (Å²) in [6, 6.07) is 3.99. The van der Waals surface area contributed by atoms with Gasteiger partial charge in [-0.3, -0.25) is 9.59 Å². The van der Waals surface area contributed by atoms with Crippen LogP contribution < -0.4 is 5.32 Å². The van der Waals surface area contributed by atoms with Crippen LogP contribution >= 0.6 is 0 Å². The second-order valence-electron chi connectivity index (χ2n) is 6.52. The van der Waals surface area contributed by atoms with Gasteiger partial charge in [0.05, 0.1) is 43.9 Å². The summed E-state index contributed by atoms with van der Waals surface area (Å²) in [6.45, 7) is 2.50. The molecule has 9 heteroatoms. The number of methoxy groups -OCH3 is 3. The quantitative estimate of drug-likeness (QED) is 0.691. The molecule has 2 amide bonds. The summed E-state index contributed by atoms with van der Waals surface area (Å²) in [5, 5.41) is 2.67. The van der Waals surface area contributed by atoms with Gasteiger partial charge >= 0.3 is 11.9 Å². The first-order valence-electron chi connectivity index (χ1n) is 8.71. The maximum absolute atomic E-state index is 12.6. The summed E-state index contributed by atoms with van der Waals surface area (Å²) in [5.74, 6) is -2.36. The van der Waals surface area contributed by atoms with Crippen molar-refractivity contribution in [1.82, 2.24) is 4.90 Å². The number of benzene rings is 1. The maximum atomic E-state index is 12.6. The Morgan fingerprint density at radius 3 is 2.18 bits per heavy atom. The van der Waals surface area contributed by atoms with Crippen molar-refractivity contribution in [3.05, 3.63) is 29.3 Å². The van der Waals surface area contributed by atoms with Crippen molar-refractivity contribution in [1.29, 1.82) is 0 Å². The lowest BCUT2D eigenvalue weighted by molar-refractivity contribution is -0.130. The van der Waals surface area contributed by atoms with Crippen LogP contribution in [0.2, 0.25) is 0 Å². The molecule has 0 aromatic heterocycles. The van der Waals surface area contributed by atoms with E-state index in [-0.39, 0.29) is 47.6 Å². The first kappa shape index (κ1) is 21.4. The molecule has 1 saturated heterocycles. The fourth-order valence-electron chi connectivity index (χ4n) is 3.08. The summed E-state index contributed by atoms with van der Waals surface area (Å²) < 4.78 is 14.4. The molecule has 28 heavy (non-hydrogen) atoms. The molecule has 0 saturated carbocycles. The number of likely N-dealkylation sites (tertiary alicyclic amines) is 1. The topological polar surface area (TPSA) is 111 Å². The Kier molecular flexibility index (Phi) is 7.11. The molecule has 0 radical (unpaired) electrons. The fraction of sp³-hybridized carbons (Fsp3) is 0.474. The van der Waals surface area contributed by atoms with Gasteiger partial charge in [-0.05, 0) is 25.1 Å². The van der Waals surface area contributed by atoms with E-state index in [4.69, 9.17) is 4.74 Å². The van der Waals surface area contributed by atoms with Crippen LogP contribution in [0.1, 0.15) is 34.1 Å². The van der Waals surface area contributed by atoms with Crippen LogP contribution in [0.5, 0.6) is 0 Å². The number of carbonyl (C=O) groups is 4. The van der Waals surface area contributed by atoms with Gasteiger partial charge in [0.1, 0.15) is 0 Å². The SMILES string of the molecule is COC[C@H](C)N1C[C@H](C(=O)Nc2cc(C(=O)OC)cc(C(=O)OC)c2)CC1=O. The molecular weight excluding hydrogens is 368 g/mol. The summed E-state index contributed by atoms with van der Waals surface area (Å²) in [6.07, 6.45) is 0.0838. The Labute approximate surface area is 162 Å². The summed E-state index contributed by atoms with van der Waals surface area (Å²) >= 11 is 0. The molecule has 2 rings (SSSR count). The van der Waals surface area contributed by atoms with Gasteiger partial charge in [0.25, 0.3) is 0 Å². The van der Waals surface area contributed by atoms with E-state index in [9.17, 15) is 19.2 Å². The van der Waals surface area contributed by atoms with Crippen LogP contribution in [0, 0.1) is 5.92 Å². The number of anilines is 1. The molecule has 0 spiro atoms. The molecule has 0 bridgehead atoms. The zero-order valence-electron chi connectivity index (χ0n) is 16.3. The van der Waals surface area contributed by atoms with E-state index in [2.05, 4.69) is 14.8 Å². The first-order valence-corrected chi connectivity index (χ1v) is 8.71. The van der Waals surface area contributed by atoms with Gasteiger partial charge < -0.3 is 24.4 Å². The summed E-state index contributed by atoms with van der Waals surface area (Å²) in [7, 11) is 3.98. The van der Waals surface area contributed by atoms with Crippen molar-refractivity contribution in [3.63, 3.8) is 0 Å². The highest BCUT2D eigenvalue weighted by Crippen LogP contribution is 2.23. The summed E-state index contributed by atoms with van der Waals surface area (Å²) in [4.78, 5) is 50.1. The number of carbonyl (C=O) groups excluding carboxylic acids is 4. The molecule has 1 fully saturated rings.